The van der Waals surface area contributed by atoms with Crippen molar-refractivity contribution >= 4 is 5.78 Å². The van der Waals surface area contributed by atoms with E-state index >= 15 is 0 Å². The summed E-state index contributed by atoms with van der Waals surface area (Å²) in [6, 6.07) is 9.89. The van der Waals surface area contributed by atoms with Gasteiger partial charge in [-0.05, 0) is 30.0 Å². The first-order valence-electron chi connectivity index (χ1n) is 8.56. The molecule has 1 unspecified atom stereocenters. The Bertz CT molecular complexity index is 507. The van der Waals surface area contributed by atoms with Gasteiger partial charge in [-0.2, -0.15) is 5.26 Å². The van der Waals surface area contributed by atoms with E-state index in [4.69, 9.17) is 5.26 Å². The summed E-state index contributed by atoms with van der Waals surface area (Å²) >= 11 is 0. The molecule has 0 radical (unpaired) electrons. The summed E-state index contributed by atoms with van der Waals surface area (Å²) in [6.45, 7) is 8.37. The fourth-order valence-corrected chi connectivity index (χ4v) is 3.24. The van der Waals surface area contributed by atoms with Crippen molar-refractivity contribution in [2.24, 2.45) is 17.8 Å². The van der Waals surface area contributed by atoms with Crippen LogP contribution in [0.4, 0.5) is 0 Å². The second-order valence-electron chi connectivity index (χ2n) is 6.52. The van der Waals surface area contributed by atoms with E-state index in [2.05, 4.69) is 19.9 Å². The highest BCUT2D eigenvalue weighted by atomic mass is 16.1. The van der Waals surface area contributed by atoms with Crippen LogP contribution in [0, 0.1) is 29.1 Å². The van der Waals surface area contributed by atoms with Crippen LogP contribution < -0.4 is 0 Å². The molecule has 0 N–H and O–H groups in total. The first kappa shape index (κ1) is 18.4. The first-order chi connectivity index (χ1) is 10.5. The van der Waals surface area contributed by atoms with Crippen molar-refractivity contribution in [2.45, 2.75) is 59.8 Å². The number of benzene rings is 1. The average molecular weight is 299 g/mol. The van der Waals surface area contributed by atoms with Crippen LogP contribution in [0.1, 0.15) is 64.5 Å². The Labute approximate surface area is 135 Å². The lowest BCUT2D eigenvalue weighted by atomic mass is 9.76. The normalized spacial score (nSPS) is 12.4. The molecule has 0 bridgehead atoms. The lowest BCUT2D eigenvalue weighted by molar-refractivity contribution is -0.127. The number of nitrogens with zero attached hydrogens (tertiary/aromatic N) is 1. The molecule has 2 nitrogen and oxygen atoms in total. The molecule has 0 heterocycles. The van der Waals surface area contributed by atoms with E-state index in [0.29, 0.717) is 17.3 Å². The Morgan fingerprint density at radius 2 is 1.82 bits per heavy atom. The van der Waals surface area contributed by atoms with Gasteiger partial charge in [-0.3, -0.25) is 4.79 Å². The predicted octanol–water partition coefficient (Wildman–Crippen LogP) is 5.16. The molecule has 0 aromatic heterocycles. The predicted molar refractivity (Wildman–Crippen MR) is 91.5 cm³/mol. The van der Waals surface area contributed by atoms with Crippen LogP contribution in [0.3, 0.4) is 0 Å². The number of rotatable bonds is 9. The standard InChI is InChI=1S/C20H29NO/c1-5-8-18(9-6-2)19(20(22)15(3)4)13-16-10-7-11-17(12-16)14-21/h7,10-12,15,18-19H,5-6,8-9,13H2,1-4H3. The number of hydrogen-bond acceptors (Lipinski definition) is 2. The molecule has 120 valence electrons. The zero-order valence-electron chi connectivity index (χ0n) is 14.4. The van der Waals surface area contributed by atoms with Gasteiger partial charge in [-0.1, -0.05) is 65.5 Å². The van der Waals surface area contributed by atoms with E-state index in [1.165, 1.54) is 0 Å². The van der Waals surface area contributed by atoms with Gasteiger partial charge in [0.15, 0.2) is 0 Å². The minimum atomic E-state index is 0.0698. The van der Waals surface area contributed by atoms with Crippen molar-refractivity contribution in [3.8, 4) is 6.07 Å². The van der Waals surface area contributed by atoms with Gasteiger partial charge >= 0.3 is 0 Å². The van der Waals surface area contributed by atoms with Crippen LogP contribution in [0.15, 0.2) is 24.3 Å². The number of hydrogen-bond donors (Lipinski definition) is 0. The van der Waals surface area contributed by atoms with Gasteiger partial charge in [-0.15, -0.1) is 0 Å². The minimum absolute atomic E-state index is 0.0698. The van der Waals surface area contributed by atoms with Gasteiger partial charge in [0.05, 0.1) is 11.6 Å². The highest BCUT2D eigenvalue weighted by molar-refractivity contribution is 5.83. The molecule has 2 heteroatoms. The molecular formula is C20H29NO. The minimum Gasteiger partial charge on any atom is -0.299 e. The summed E-state index contributed by atoms with van der Waals surface area (Å²) in [7, 11) is 0. The molecule has 1 atom stereocenters. The molecule has 1 aromatic rings. The molecule has 0 saturated heterocycles. The summed E-state index contributed by atoms with van der Waals surface area (Å²) in [6.07, 6.45) is 5.20. The second-order valence-corrected chi connectivity index (χ2v) is 6.52. The third-order valence-corrected chi connectivity index (χ3v) is 4.33. The van der Waals surface area contributed by atoms with Crippen LogP contribution in [-0.2, 0) is 11.2 Å². The monoisotopic (exact) mass is 299 g/mol. The van der Waals surface area contributed by atoms with Crippen LogP contribution in [0.5, 0.6) is 0 Å². The summed E-state index contributed by atoms with van der Waals surface area (Å²) in [5.74, 6) is 0.971. The van der Waals surface area contributed by atoms with E-state index in [-0.39, 0.29) is 11.8 Å². The first-order valence-corrected chi connectivity index (χ1v) is 8.56. The summed E-state index contributed by atoms with van der Waals surface area (Å²) < 4.78 is 0. The molecule has 0 saturated carbocycles. The van der Waals surface area contributed by atoms with E-state index in [9.17, 15) is 4.79 Å². The number of carbonyl (C=O) groups excluding carboxylic acids is 1. The number of ketones is 1. The van der Waals surface area contributed by atoms with Gasteiger partial charge in [0.2, 0.25) is 0 Å². The van der Waals surface area contributed by atoms with E-state index in [0.717, 1.165) is 37.7 Å². The summed E-state index contributed by atoms with van der Waals surface area (Å²) in [5.41, 5.74) is 1.78. The Hall–Kier alpha value is -1.62. The van der Waals surface area contributed by atoms with Gasteiger partial charge in [-0.25, -0.2) is 0 Å². The maximum absolute atomic E-state index is 12.7. The fourth-order valence-electron chi connectivity index (χ4n) is 3.24. The van der Waals surface area contributed by atoms with Crippen LogP contribution in [-0.4, -0.2) is 5.78 Å². The summed E-state index contributed by atoms with van der Waals surface area (Å²) in [5, 5.41) is 9.05. The maximum Gasteiger partial charge on any atom is 0.139 e. The van der Waals surface area contributed by atoms with Crippen molar-refractivity contribution < 1.29 is 4.79 Å². The van der Waals surface area contributed by atoms with Gasteiger partial charge in [0, 0.05) is 11.8 Å². The van der Waals surface area contributed by atoms with Crippen LogP contribution in [0.2, 0.25) is 0 Å². The maximum atomic E-state index is 12.7. The molecule has 0 aliphatic heterocycles. The van der Waals surface area contributed by atoms with Crippen molar-refractivity contribution in [3.63, 3.8) is 0 Å². The fraction of sp³-hybridized carbons (Fsp3) is 0.600. The van der Waals surface area contributed by atoms with E-state index in [1.807, 2.05) is 38.1 Å². The Kier molecular flexibility index (Phi) is 7.88. The number of carbonyl (C=O) groups is 1. The molecule has 0 aliphatic carbocycles. The Morgan fingerprint density at radius 3 is 2.32 bits per heavy atom. The largest absolute Gasteiger partial charge is 0.299 e. The second kappa shape index (κ2) is 9.41. The van der Waals surface area contributed by atoms with Crippen molar-refractivity contribution in [1.82, 2.24) is 0 Å². The number of nitriles is 1. The highest BCUT2D eigenvalue weighted by Crippen LogP contribution is 2.29. The molecule has 1 rings (SSSR count). The topological polar surface area (TPSA) is 40.9 Å². The molecule has 22 heavy (non-hydrogen) atoms. The van der Waals surface area contributed by atoms with E-state index < -0.39 is 0 Å². The smallest absolute Gasteiger partial charge is 0.139 e. The molecule has 0 fully saturated rings. The van der Waals surface area contributed by atoms with Crippen molar-refractivity contribution in [1.29, 1.82) is 5.26 Å². The number of Topliss-reactive ketones (excluding diaryl/α,β-unsaturated/α-hetero) is 1. The Balaban J connectivity index is 3.03. The summed E-state index contributed by atoms with van der Waals surface area (Å²) in [4.78, 5) is 12.7. The zero-order valence-corrected chi connectivity index (χ0v) is 14.4. The highest BCUT2D eigenvalue weighted by Gasteiger charge is 2.28. The lowest BCUT2D eigenvalue weighted by Gasteiger charge is -2.27. The third-order valence-electron chi connectivity index (χ3n) is 4.33. The average Bonchev–Trinajstić information content (AvgIpc) is 2.52. The van der Waals surface area contributed by atoms with Crippen molar-refractivity contribution in [3.05, 3.63) is 35.4 Å². The van der Waals surface area contributed by atoms with Gasteiger partial charge in [0.25, 0.3) is 0 Å². The molecule has 1 aromatic carbocycles. The Morgan fingerprint density at radius 1 is 1.18 bits per heavy atom. The van der Waals surface area contributed by atoms with Crippen LogP contribution in [0.25, 0.3) is 0 Å². The van der Waals surface area contributed by atoms with Crippen LogP contribution >= 0.6 is 0 Å². The lowest BCUT2D eigenvalue weighted by Crippen LogP contribution is -2.29. The quantitative estimate of drug-likeness (QED) is 0.632. The van der Waals surface area contributed by atoms with E-state index in [1.54, 1.807) is 0 Å². The molecule has 0 spiro atoms. The zero-order chi connectivity index (χ0) is 16.5. The molecular weight excluding hydrogens is 270 g/mol. The van der Waals surface area contributed by atoms with Gasteiger partial charge in [0.1, 0.15) is 5.78 Å². The van der Waals surface area contributed by atoms with Crippen molar-refractivity contribution in [2.75, 3.05) is 0 Å². The SMILES string of the molecule is CCCC(CCC)C(Cc1cccc(C#N)c1)C(=O)C(C)C. The molecule has 0 aliphatic rings. The molecule has 0 amide bonds. The third kappa shape index (κ3) is 5.30. The van der Waals surface area contributed by atoms with Gasteiger partial charge < -0.3 is 0 Å².